The maximum Gasteiger partial charge on any atom is 0.481 e. The smallest absolute Gasteiger partial charge is 0.481 e. The molecule has 12 heteroatoms. The normalized spacial score (nSPS) is 15.4. The molecule has 0 aliphatic carbocycles. The van der Waals surface area contributed by atoms with Crippen molar-refractivity contribution in [1.82, 2.24) is 0 Å². The molecule has 3 N–H and O–H groups in total. The highest BCUT2D eigenvalue weighted by atomic mass is 31.3. The second kappa shape index (κ2) is 11.0. The van der Waals surface area contributed by atoms with Crippen LogP contribution in [0.5, 0.6) is 5.75 Å². The van der Waals surface area contributed by atoms with Crippen LogP contribution >= 0.6 is 15.6 Å². The second-order valence-electron chi connectivity index (χ2n) is 5.87. The Hall–Kier alpha value is -1.38. The van der Waals surface area contributed by atoms with Crippen molar-refractivity contribution in [2.24, 2.45) is 0 Å². The lowest BCUT2D eigenvalue weighted by atomic mass is 10.1. The molecule has 0 bridgehead atoms. The first-order chi connectivity index (χ1) is 12.9. The van der Waals surface area contributed by atoms with Gasteiger partial charge in [0.1, 0.15) is 24.0 Å². The Balaban J connectivity index is 2.38. The van der Waals surface area contributed by atoms with E-state index in [4.69, 9.17) is 19.4 Å². The van der Waals surface area contributed by atoms with E-state index in [-0.39, 0.29) is 19.0 Å². The standard InChI is InChI=1S/C16H22F2O8P2/c1-12(6-7-25-28(22,23)26-27(19,20)21)4-3-5-13(2)11-24-16-9-14(17)8-15(18)10-16/h5-6,8-10H,3-4,7,11H2,1-2H3,(H,22,23)(H2,19,20,21)/b12-6+,13-5+. The molecule has 0 aromatic heterocycles. The maximum absolute atomic E-state index is 13.1. The van der Waals surface area contributed by atoms with E-state index in [2.05, 4.69) is 8.83 Å². The monoisotopic (exact) mass is 442 g/mol. The Kier molecular flexibility index (Phi) is 9.66. The molecule has 0 fully saturated rings. The minimum absolute atomic E-state index is 0.0874. The van der Waals surface area contributed by atoms with E-state index in [1.165, 1.54) is 6.08 Å². The van der Waals surface area contributed by atoms with Crippen LogP contribution in [-0.2, 0) is 18.0 Å². The molecule has 0 saturated carbocycles. The zero-order chi connectivity index (χ0) is 21.4. The van der Waals surface area contributed by atoms with Gasteiger partial charge in [-0.05, 0) is 32.3 Å². The molecule has 0 aliphatic rings. The number of benzene rings is 1. The Morgan fingerprint density at radius 1 is 1.04 bits per heavy atom. The van der Waals surface area contributed by atoms with Gasteiger partial charge in [-0.25, -0.2) is 17.9 Å². The molecule has 1 aromatic rings. The fraction of sp³-hybridized carbons (Fsp3) is 0.375. The van der Waals surface area contributed by atoms with E-state index in [1.807, 2.05) is 6.08 Å². The number of ether oxygens (including phenoxy) is 1. The van der Waals surface area contributed by atoms with Crippen molar-refractivity contribution in [1.29, 1.82) is 0 Å². The summed E-state index contributed by atoms with van der Waals surface area (Å²) in [6, 6.07) is 2.92. The fourth-order valence-corrected chi connectivity index (χ4v) is 3.47. The highest BCUT2D eigenvalue weighted by Gasteiger charge is 2.31. The summed E-state index contributed by atoms with van der Waals surface area (Å²) in [6.07, 6.45) is 4.51. The van der Waals surface area contributed by atoms with Crippen LogP contribution in [0.1, 0.15) is 26.7 Å². The van der Waals surface area contributed by atoms with Crippen LogP contribution in [0.2, 0.25) is 0 Å². The highest BCUT2D eigenvalue weighted by molar-refractivity contribution is 7.60. The first kappa shape index (κ1) is 24.7. The summed E-state index contributed by atoms with van der Waals surface area (Å²) in [5, 5.41) is 0. The van der Waals surface area contributed by atoms with E-state index in [0.29, 0.717) is 12.8 Å². The number of rotatable bonds is 11. The van der Waals surface area contributed by atoms with Crippen LogP contribution in [0.3, 0.4) is 0 Å². The molecule has 0 heterocycles. The minimum Gasteiger partial charge on any atom is -0.489 e. The zero-order valence-electron chi connectivity index (χ0n) is 15.2. The topological polar surface area (TPSA) is 123 Å². The van der Waals surface area contributed by atoms with Gasteiger partial charge >= 0.3 is 15.6 Å². The maximum atomic E-state index is 13.1. The highest BCUT2D eigenvalue weighted by Crippen LogP contribution is 2.57. The fourth-order valence-electron chi connectivity index (χ4n) is 1.95. The van der Waals surface area contributed by atoms with Crippen molar-refractivity contribution >= 4 is 15.6 Å². The van der Waals surface area contributed by atoms with Gasteiger partial charge in [0.05, 0.1) is 6.61 Å². The third-order valence-electron chi connectivity index (χ3n) is 3.21. The first-order valence-electron chi connectivity index (χ1n) is 8.01. The molecule has 28 heavy (non-hydrogen) atoms. The SMILES string of the molecule is C/C(=C\COP(=O)(O)OP(=O)(O)O)CC/C=C(\C)COc1cc(F)cc(F)c1. The lowest BCUT2D eigenvalue weighted by Gasteiger charge is -2.11. The average Bonchev–Trinajstić information content (AvgIpc) is 2.49. The molecule has 1 atom stereocenters. The van der Waals surface area contributed by atoms with Crippen molar-refractivity contribution < 1.29 is 46.2 Å². The van der Waals surface area contributed by atoms with Gasteiger partial charge in [0, 0.05) is 18.2 Å². The van der Waals surface area contributed by atoms with Crippen molar-refractivity contribution in [2.45, 2.75) is 26.7 Å². The first-order valence-corrected chi connectivity index (χ1v) is 11.0. The number of allylic oxidation sites excluding steroid dienone is 2. The molecule has 0 aliphatic heterocycles. The van der Waals surface area contributed by atoms with Crippen molar-refractivity contribution in [2.75, 3.05) is 13.2 Å². The summed E-state index contributed by atoms with van der Waals surface area (Å²) < 4.78 is 61.3. The Labute approximate surface area is 161 Å². The predicted molar refractivity (Wildman–Crippen MR) is 97.5 cm³/mol. The van der Waals surface area contributed by atoms with Crippen LogP contribution in [0.25, 0.3) is 0 Å². The lowest BCUT2D eigenvalue weighted by molar-refractivity contribution is 0.191. The van der Waals surface area contributed by atoms with Gasteiger partial charge in [-0.15, -0.1) is 0 Å². The van der Waals surface area contributed by atoms with Gasteiger partial charge in [-0.1, -0.05) is 17.7 Å². The molecular weight excluding hydrogens is 420 g/mol. The quantitative estimate of drug-likeness (QED) is 0.344. The molecule has 0 radical (unpaired) electrons. The molecular formula is C16H22F2O8P2. The molecule has 0 saturated heterocycles. The van der Waals surface area contributed by atoms with Crippen LogP contribution < -0.4 is 4.74 Å². The summed E-state index contributed by atoms with van der Waals surface area (Å²) in [5.41, 5.74) is 1.64. The number of phosphoric acid groups is 2. The van der Waals surface area contributed by atoms with Crippen molar-refractivity contribution in [3.8, 4) is 5.75 Å². The van der Waals surface area contributed by atoms with E-state index in [1.54, 1.807) is 13.8 Å². The van der Waals surface area contributed by atoms with Gasteiger partial charge in [0.25, 0.3) is 0 Å². The van der Waals surface area contributed by atoms with Crippen LogP contribution in [0.15, 0.2) is 41.5 Å². The van der Waals surface area contributed by atoms with Crippen LogP contribution in [0, 0.1) is 11.6 Å². The molecule has 0 amide bonds. The minimum atomic E-state index is -5.13. The van der Waals surface area contributed by atoms with Crippen LogP contribution in [0.4, 0.5) is 8.78 Å². The molecule has 1 unspecified atom stereocenters. The predicted octanol–water partition coefficient (Wildman–Crippen LogP) is 4.24. The van der Waals surface area contributed by atoms with Gasteiger partial charge in [0.15, 0.2) is 0 Å². The van der Waals surface area contributed by atoms with E-state index >= 15 is 0 Å². The molecule has 158 valence electrons. The Bertz CT molecular complexity index is 799. The van der Waals surface area contributed by atoms with Gasteiger partial charge in [-0.2, -0.15) is 4.31 Å². The second-order valence-corrected chi connectivity index (χ2v) is 8.70. The van der Waals surface area contributed by atoms with Gasteiger partial charge < -0.3 is 19.4 Å². The summed E-state index contributed by atoms with van der Waals surface area (Å²) in [6.45, 7) is 3.32. The molecule has 1 aromatic carbocycles. The van der Waals surface area contributed by atoms with E-state index in [0.717, 1.165) is 29.3 Å². The van der Waals surface area contributed by atoms with Gasteiger partial charge in [-0.3, -0.25) is 4.52 Å². The Morgan fingerprint density at radius 2 is 1.64 bits per heavy atom. The number of hydrogen-bond donors (Lipinski definition) is 3. The van der Waals surface area contributed by atoms with E-state index in [9.17, 15) is 17.9 Å². The van der Waals surface area contributed by atoms with Crippen LogP contribution in [-0.4, -0.2) is 27.9 Å². The number of phosphoric ester groups is 1. The summed E-state index contributed by atoms with van der Waals surface area (Å²) in [4.78, 5) is 26.1. The molecule has 8 nitrogen and oxygen atoms in total. The zero-order valence-corrected chi connectivity index (χ0v) is 17.0. The third-order valence-corrected chi connectivity index (χ3v) is 5.36. The summed E-state index contributed by atoms with van der Waals surface area (Å²) in [5.74, 6) is -1.36. The Morgan fingerprint density at radius 3 is 2.21 bits per heavy atom. The number of hydrogen-bond acceptors (Lipinski definition) is 5. The average molecular weight is 442 g/mol. The lowest BCUT2D eigenvalue weighted by Crippen LogP contribution is -1.99. The summed E-state index contributed by atoms with van der Waals surface area (Å²) in [7, 11) is -9.98. The van der Waals surface area contributed by atoms with Crippen molar-refractivity contribution in [3.63, 3.8) is 0 Å². The molecule has 1 rings (SSSR count). The van der Waals surface area contributed by atoms with E-state index < -0.39 is 27.3 Å². The molecule has 0 spiro atoms. The van der Waals surface area contributed by atoms with Gasteiger partial charge in [0.2, 0.25) is 0 Å². The summed E-state index contributed by atoms with van der Waals surface area (Å²) >= 11 is 0. The largest absolute Gasteiger partial charge is 0.489 e. The van der Waals surface area contributed by atoms with Crippen molar-refractivity contribution in [3.05, 3.63) is 53.1 Å². The number of halogens is 2. The third kappa shape index (κ3) is 11.5.